The molecule has 2 heterocycles. The van der Waals surface area contributed by atoms with Crippen LogP contribution in [0.5, 0.6) is 0 Å². The number of fused-ring (bicyclic) bond motifs is 8. The molecule has 0 aliphatic rings. The average molecular weight is 603 g/mol. The highest BCUT2D eigenvalue weighted by Crippen LogP contribution is 2.51. The first-order valence-electron chi connectivity index (χ1n) is 15.7. The van der Waals surface area contributed by atoms with Crippen molar-refractivity contribution < 1.29 is 4.42 Å². The molecule has 0 unspecified atom stereocenters. The van der Waals surface area contributed by atoms with Gasteiger partial charge >= 0.3 is 0 Å². The Morgan fingerprint density at radius 2 is 0.978 bits per heavy atom. The third-order valence-corrected chi connectivity index (χ3v) is 10.7. The molecule has 2 aromatic heterocycles. The molecule has 0 radical (unpaired) electrons. The van der Waals surface area contributed by atoms with E-state index in [9.17, 15) is 0 Å². The van der Waals surface area contributed by atoms with Crippen LogP contribution in [0.25, 0.3) is 97.0 Å². The summed E-state index contributed by atoms with van der Waals surface area (Å²) < 4.78 is 9.25. The van der Waals surface area contributed by atoms with Gasteiger partial charge in [0.05, 0.1) is 0 Å². The van der Waals surface area contributed by atoms with Crippen LogP contribution >= 0.6 is 11.3 Å². The van der Waals surface area contributed by atoms with E-state index in [1.165, 1.54) is 80.1 Å². The molecule has 0 amide bonds. The van der Waals surface area contributed by atoms with Crippen LogP contribution in [0.15, 0.2) is 162 Å². The summed E-state index contributed by atoms with van der Waals surface area (Å²) in [4.78, 5) is 0. The first-order valence-corrected chi connectivity index (χ1v) is 16.5. The summed E-state index contributed by atoms with van der Waals surface area (Å²) in [5.74, 6) is 0.896. The number of rotatable bonds is 3. The van der Waals surface area contributed by atoms with Crippen LogP contribution in [0.1, 0.15) is 0 Å². The van der Waals surface area contributed by atoms with Gasteiger partial charge in [-0.3, -0.25) is 0 Å². The Morgan fingerprint density at radius 3 is 1.70 bits per heavy atom. The fourth-order valence-corrected chi connectivity index (χ4v) is 8.73. The monoisotopic (exact) mass is 602 g/mol. The summed E-state index contributed by atoms with van der Waals surface area (Å²) in [7, 11) is 0. The first kappa shape index (κ1) is 25.6. The van der Waals surface area contributed by atoms with Gasteiger partial charge in [-0.1, -0.05) is 140 Å². The lowest BCUT2D eigenvalue weighted by Crippen LogP contribution is -1.92. The van der Waals surface area contributed by atoms with Crippen molar-refractivity contribution in [1.82, 2.24) is 0 Å². The molecule has 214 valence electrons. The quantitative estimate of drug-likeness (QED) is 0.183. The molecule has 10 aromatic rings. The van der Waals surface area contributed by atoms with Gasteiger partial charge < -0.3 is 4.42 Å². The normalized spacial score (nSPS) is 11.9. The third-order valence-electron chi connectivity index (χ3n) is 9.46. The van der Waals surface area contributed by atoms with Gasteiger partial charge in [0.15, 0.2) is 0 Å². The SMILES string of the molecule is c1ccc(-c2cc3c(cc(-c4c5ccccc5c(-c5cccc6ccccc56)c5ccccc45)c4c5ccccc5sc34)o2)cc1. The summed E-state index contributed by atoms with van der Waals surface area (Å²) in [6.07, 6.45) is 0. The van der Waals surface area contributed by atoms with E-state index in [1.54, 1.807) is 0 Å². The van der Waals surface area contributed by atoms with Crippen LogP contribution in [0, 0.1) is 0 Å². The highest BCUT2D eigenvalue weighted by molar-refractivity contribution is 7.26. The molecule has 0 saturated carbocycles. The smallest absolute Gasteiger partial charge is 0.136 e. The fraction of sp³-hybridized carbons (Fsp3) is 0. The van der Waals surface area contributed by atoms with Crippen molar-refractivity contribution in [2.45, 2.75) is 0 Å². The molecule has 0 N–H and O–H groups in total. The minimum atomic E-state index is 0.896. The van der Waals surface area contributed by atoms with Crippen molar-refractivity contribution in [2.75, 3.05) is 0 Å². The summed E-state index contributed by atoms with van der Waals surface area (Å²) in [6, 6.07) is 57.1. The second-order valence-electron chi connectivity index (χ2n) is 12.0. The minimum absolute atomic E-state index is 0.896. The third kappa shape index (κ3) is 3.68. The Balaban J connectivity index is 1.38. The molecular weight excluding hydrogens is 577 g/mol. The number of hydrogen-bond donors (Lipinski definition) is 0. The number of benzene rings is 8. The Labute approximate surface area is 269 Å². The fourth-order valence-electron chi connectivity index (χ4n) is 7.49. The molecule has 0 spiro atoms. The van der Waals surface area contributed by atoms with Crippen molar-refractivity contribution in [3.05, 3.63) is 158 Å². The predicted molar refractivity (Wildman–Crippen MR) is 198 cm³/mol. The van der Waals surface area contributed by atoms with Gasteiger partial charge in [0, 0.05) is 31.1 Å². The molecule has 0 fully saturated rings. The highest BCUT2D eigenvalue weighted by atomic mass is 32.1. The highest BCUT2D eigenvalue weighted by Gasteiger charge is 2.23. The topological polar surface area (TPSA) is 13.1 Å². The van der Waals surface area contributed by atoms with Gasteiger partial charge in [-0.25, -0.2) is 0 Å². The second-order valence-corrected chi connectivity index (χ2v) is 13.0. The number of furan rings is 1. The zero-order valence-corrected chi connectivity index (χ0v) is 25.6. The Kier molecular flexibility index (Phi) is 5.51. The van der Waals surface area contributed by atoms with Crippen molar-refractivity contribution in [3.8, 4) is 33.6 Å². The Bertz CT molecular complexity index is 2740. The number of hydrogen-bond acceptors (Lipinski definition) is 2. The lowest BCUT2D eigenvalue weighted by molar-refractivity contribution is 0.632. The van der Waals surface area contributed by atoms with Gasteiger partial charge in [-0.2, -0.15) is 0 Å². The maximum atomic E-state index is 6.69. The molecule has 0 aliphatic carbocycles. The lowest BCUT2D eigenvalue weighted by atomic mass is 9.83. The largest absolute Gasteiger partial charge is 0.456 e. The van der Waals surface area contributed by atoms with Crippen molar-refractivity contribution in [3.63, 3.8) is 0 Å². The van der Waals surface area contributed by atoms with E-state index in [0.717, 1.165) is 16.9 Å². The van der Waals surface area contributed by atoms with Crippen molar-refractivity contribution >= 4 is 74.8 Å². The van der Waals surface area contributed by atoms with Gasteiger partial charge in [0.1, 0.15) is 11.3 Å². The van der Waals surface area contributed by atoms with Crippen molar-refractivity contribution in [2.24, 2.45) is 0 Å². The van der Waals surface area contributed by atoms with Crippen LogP contribution in [0.2, 0.25) is 0 Å². The van der Waals surface area contributed by atoms with Crippen LogP contribution in [0.3, 0.4) is 0 Å². The zero-order valence-electron chi connectivity index (χ0n) is 24.8. The lowest BCUT2D eigenvalue weighted by Gasteiger charge is -2.19. The summed E-state index contributed by atoms with van der Waals surface area (Å²) in [6.45, 7) is 0. The van der Waals surface area contributed by atoms with Crippen LogP contribution in [-0.4, -0.2) is 0 Å². The van der Waals surface area contributed by atoms with Gasteiger partial charge in [-0.15, -0.1) is 11.3 Å². The van der Waals surface area contributed by atoms with Crippen LogP contribution in [0.4, 0.5) is 0 Å². The Morgan fingerprint density at radius 1 is 0.413 bits per heavy atom. The zero-order chi connectivity index (χ0) is 30.2. The molecule has 10 rings (SSSR count). The van der Waals surface area contributed by atoms with E-state index >= 15 is 0 Å². The molecular formula is C44H26OS. The van der Waals surface area contributed by atoms with Crippen molar-refractivity contribution in [1.29, 1.82) is 0 Å². The number of thiophene rings is 1. The summed E-state index contributed by atoms with van der Waals surface area (Å²) in [5, 5.41) is 11.3. The van der Waals surface area contributed by atoms with E-state index in [1.807, 2.05) is 17.4 Å². The molecule has 0 saturated heterocycles. The summed E-state index contributed by atoms with van der Waals surface area (Å²) >= 11 is 1.86. The Hall–Kier alpha value is -5.70. The molecule has 2 heteroatoms. The maximum absolute atomic E-state index is 6.69. The van der Waals surface area contributed by atoms with Gasteiger partial charge in [-0.05, 0) is 72.8 Å². The standard InChI is InChI=1S/C44H26OS/c1-2-14-28(15-3-1)38-25-36-39(45-38)26-37(43-35-22-10-11-24-40(35)46-44(36)43)42-33-20-8-6-18-31(33)41(32-19-7-9-21-34(32)42)30-23-12-16-27-13-4-5-17-29(27)30/h1-26H. The molecule has 0 bridgehead atoms. The van der Waals surface area contributed by atoms with E-state index in [0.29, 0.717) is 0 Å². The molecule has 46 heavy (non-hydrogen) atoms. The van der Waals surface area contributed by atoms with Crippen LogP contribution in [-0.2, 0) is 0 Å². The van der Waals surface area contributed by atoms with Gasteiger partial charge in [0.2, 0.25) is 0 Å². The summed E-state index contributed by atoms with van der Waals surface area (Å²) in [5.41, 5.74) is 7.01. The van der Waals surface area contributed by atoms with Gasteiger partial charge in [0.25, 0.3) is 0 Å². The molecule has 8 aromatic carbocycles. The van der Waals surface area contributed by atoms with E-state index in [2.05, 4.69) is 152 Å². The predicted octanol–water partition coefficient (Wildman–Crippen LogP) is 13.3. The van der Waals surface area contributed by atoms with E-state index in [4.69, 9.17) is 4.42 Å². The molecule has 0 aliphatic heterocycles. The molecule has 1 nitrogen and oxygen atoms in total. The second kappa shape index (κ2) is 9.90. The average Bonchev–Trinajstić information content (AvgIpc) is 3.73. The maximum Gasteiger partial charge on any atom is 0.136 e. The minimum Gasteiger partial charge on any atom is -0.456 e. The first-order chi connectivity index (χ1) is 22.8. The molecule has 0 atom stereocenters. The van der Waals surface area contributed by atoms with Crippen LogP contribution < -0.4 is 0 Å². The van der Waals surface area contributed by atoms with E-state index in [-0.39, 0.29) is 0 Å². The van der Waals surface area contributed by atoms with E-state index < -0.39 is 0 Å².